The van der Waals surface area contributed by atoms with Crippen LogP contribution in [0.3, 0.4) is 0 Å². The van der Waals surface area contributed by atoms with Gasteiger partial charge < -0.3 is 5.32 Å². The molecule has 0 bridgehead atoms. The number of nitrogens with zero attached hydrogens (tertiary/aromatic N) is 1. The largest absolute Gasteiger partial charge is 0.317 e. The Morgan fingerprint density at radius 3 is 2.89 bits per heavy atom. The number of rotatable bonds is 5. The fourth-order valence-corrected chi connectivity index (χ4v) is 3.33. The minimum atomic E-state index is -2.43. The number of nitrogens with one attached hydrogen (secondary N) is 1. The highest BCUT2D eigenvalue weighted by molar-refractivity contribution is 7.09. The normalized spacial score (nSPS) is 24.3. The molecule has 1 aromatic rings. The van der Waals surface area contributed by atoms with Gasteiger partial charge in [-0.1, -0.05) is 0 Å². The van der Waals surface area contributed by atoms with E-state index in [0.717, 1.165) is 23.5 Å². The lowest BCUT2D eigenvalue weighted by Gasteiger charge is -2.19. The summed E-state index contributed by atoms with van der Waals surface area (Å²) in [7, 11) is 1.90. The molecule has 1 aromatic heterocycles. The molecule has 1 heterocycles. The van der Waals surface area contributed by atoms with Crippen LogP contribution in [0.15, 0.2) is 5.38 Å². The molecule has 18 heavy (non-hydrogen) atoms. The summed E-state index contributed by atoms with van der Waals surface area (Å²) >= 11 is 1.64. The lowest BCUT2D eigenvalue weighted by molar-refractivity contribution is 0.00436. The van der Waals surface area contributed by atoms with Gasteiger partial charge in [-0.2, -0.15) is 0 Å². The van der Waals surface area contributed by atoms with Gasteiger partial charge in [0.1, 0.15) is 0 Å². The molecule has 1 fully saturated rings. The van der Waals surface area contributed by atoms with Gasteiger partial charge in [0.25, 0.3) is 0 Å². The minimum Gasteiger partial charge on any atom is -0.317 e. The zero-order valence-electron chi connectivity index (χ0n) is 10.9. The van der Waals surface area contributed by atoms with Gasteiger partial charge in [-0.3, -0.25) is 0 Å². The van der Waals surface area contributed by atoms with Gasteiger partial charge in [-0.15, -0.1) is 11.3 Å². The van der Waals surface area contributed by atoms with E-state index in [1.807, 2.05) is 14.0 Å². The summed E-state index contributed by atoms with van der Waals surface area (Å²) in [5.74, 6) is -2.28. The number of hydrogen-bond acceptors (Lipinski definition) is 3. The van der Waals surface area contributed by atoms with Crippen molar-refractivity contribution in [1.29, 1.82) is 0 Å². The van der Waals surface area contributed by atoms with Crippen LogP contribution in [0, 0.1) is 12.8 Å². The van der Waals surface area contributed by atoms with Crippen LogP contribution < -0.4 is 5.32 Å². The number of thiazole rings is 1. The first-order chi connectivity index (χ1) is 8.48. The molecular formula is C13H20F2N2S. The minimum absolute atomic E-state index is 0.0568. The van der Waals surface area contributed by atoms with E-state index in [1.54, 1.807) is 11.3 Å². The summed E-state index contributed by atoms with van der Waals surface area (Å²) < 4.78 is 26.3. The summed E-state index contributed by atoms with van der Waals surface area (Å²) in [6.07, 6.45) is 2.43. The quantitative estimate of drug-likeness (QED) is 0.890. The molecule has 0 amide bonds. The predicted octanol–water partition coefficient (Wildman–Crippen LogP) is 3.41. The van der Waals surface area contributed by atoms with E-state index in [1.165, 1.54) is 0 Å². The van der Waals surface area contributed by atoms with E-state index < -0.39 is 5.92 Å². The maximum absolute atomic E-state index is 13.1. The van der Waals surface area contributed by atoms with E-state index >= 15 is 0 Å². The lowest BCUT2D eigenvalue weighted by Crippen LogP contribution is -2.30. The molecule has 2 unspecified atom stereocenters. The molecule has 1 aliphatic carbocycles. The van der Waals surface area contributed by atoms with Crippen molar-refractivity contribution in [2.45, 2.75) is 51.0 Å². The van der Waals surface area contributed by atoms with Crippen molar-refractivity contribution < 1.29 is 8.78 Å². The third-order valence-corrected chi connectivity index (χ3v) is 4.48. The van der Waals surface area contributed by atoms with E-state index in [9.17, 15) is 8.78 Å². The Bertz CT molecular complexity index is 392. The Labute approximate surface area is 111 Å². The van der Waals surface area contributed by atoms with Crippen LogP contribution in [-0.4, -0.2) is 24.0 Å². The van der Waals surface area contributed by atoms with Gasteiger partial charge in [0.15, 0.2) is 0 Å². The van der Waals surface area contributed by atoms with Gasteiger partial charge >= 0.3 is 0 Å². The van der Waals surface area contributed by atoms with Crippen LogP contribution in [0.1, 0.15) is 36.4 Å². The number of likely N-dealkylation sites (N-methyl/N-ethyl adjacent to an activating group) is 1. The second kappa shape index (κ2) is 5.61. The molecule has 2 rings (SSSR count). The molecule has 0 aliphatic heterocycles. The summed E-state index contributed by atoms with van der Waals surface area (Å²) in [5, 5.41) is 6.35. The van der Waals surface area contributed by atoms with Crippen molar-refractivity contribution in [2.75, 3.05) is 7.05 Å². The third kappa shape index (κ3) is 3.72. The van der Waals surface area contributed by atoms with Crippen molar-refractivity contribution in [3.05, 3.63) is 16.1 Å². The molecule has 5 heteroatoms. The Morgan fingerprint density at radius 1 is 1.61 bits per heavy atom. The maximum atomic E-state index is 13.1. The highest BCUT2D eigenvalue weighted by Gasteiger charge is 2.39. The van der Waals surface area contributed by atoms with Crippen molar-refractivity contribution in [1.82, 2.24) is 10.3 Å². The molecule has 2 nitrogen and oxygen atoms in total. The van der Waals surface area contributed by atoms with Crippen molar-refractivity contribution >= 4 is 11.3 Å². The van der Waals surface area contributed by atoms with E-state index in [0.29, 0.717) is 6.42 Å². The first kappa shape index (κ1) is 13.9. The molecule has 1 saturated carbocycles. The fraction of sp³-hybridized carbons (Fsp3) is 0.769. The number of aromatic nitrogens is 1. The van der Waals surface area contributed by atoms with Crippen LogP contribution in [0.25, 0.3) is 0 Å². The average Bonchev–Trinajstić information content (AvgIpc) is 2.84. The van der Waals surface area contributed by atoms with Crippen molar-refractivity contribution in [3.8, 4) is 0 Å². The summed E-state index contributed by atoms with van der Waals surface area (Å²) in [4.78, 5) is 4.43. The zero-order chi connectivity index (χ0) is 13.2. The molecule has 0 spiro atoms. The Hall–Kier alpha value is -0.550. The summed E-state index contributed by atoms with van der Waals surface area (Å²) in [6.45, 7) is 1.99. The lowest BCUT2D eigenvalue weighted by atomic mass is 9.95. The second-order valence-electron chi connectivity index (χ2n) is 5.25. The fourth-order valence-electron chi connectivity index (χ4n) is 2.70. The number of halogens is 2. The van der Waals surface area contributed by atoms with Crippen molar-refractivity contribution in [3.63, 3.8) is 0 Å². The maximum Gasteiger partial charge on any atom is 0.248 e. The second-order valence-corrected chi connectivity index (χ2v) is 6.31. The molecule has 1 aliphatic rings. The summed E-state index contributed by atoms with van der Waals surface area (Å²) in [5.41, 5.74) is 1.07. The van der Waals surface area contributed by atoms with Gasteiger partial charge in [-0.25, -0.2) is 13.8 Å². The summed E-state index contributed by atoms with van der Waals surface area (Å²) in [6, 6.07) is 0.255. The Morgan fingerprint density at radius 2 is 2.39 bits per heavy atom. The first-order valence-corrected chi connectivity index (χ1v) is 7.32. The van der Waals surface area contributed by atoms with Crippen LogP contribution in [-0.2, 0) is 6.42 Å². The van der Waals surface area contributed by atoms with Crippen LogP contribution in [0.4, 0.5) is 8.78 Å². The molecule has 2 atom stereocenters. The monoisotopic (exact) mass is 274 g/mol. The number of aryl methyl sites for hydroxylation is 1. The standard InChI is InChI=1S/C13H20F2N2S/c1-9-17-12(8-18-9)6-11(16-2)5-10-3-4-13(14,15)7-10/h8,10-11,16H,3-7H2,1-2H3. The third-order valence-electron chi connectivity index (χ3n) is 3.65. The SMILES string of the molecule is CNC(Cc1csc(C)n1)CC1CCC(F)(F)C1. The highest BCUT2D eigenvalue weighted by atomic mass is 32.1. The van der Waals surface area contributed by atoms with Gasteiger partial charge in [0, 0.05) is 30.7 Å². The van der Waals surface area contributed by atoms with Gasteiger partial charge in [0.05, 0.1) is 10.7 Å². The van der Waals surface area contributed by atoms with Crippen LogP contribution in [0.5, 0.6) is 0 Å². The molecular weight excluding hydrogens is 254 g/mol. The highest BCUT2D eigenvalue weighted by Crippen LogP contribution is 2.40. The molecule has 1 N–H and O–H groups in total. The van der Waals surface area contributed by atoms with E-state index in [2.05, 4.69) is 15.7 Å². The van der Waals surface area contributed by atoms with Crippen molar-refractivity contribution in [2.24, 2.45) is 5.92 Å². The Balaban J connectivity index is 1.86. The molecule has 0 saturated heterocycles. The van der Waals surface area contributed by atoms with Crippen LogP contribution in [0.2, 0.25) is 0 Å². The average molecular weight is 274 g/mol. The van der Waals surface area contributed by atoms with Gasteiger partial charge in [0.2, 0.25) is 5.92 Å². The number of hydrogen-bond donors (Lipinski definition) is 1. The molecule has 0 radical (unpaired) electrons. The molecule has 102 valence electrons. The molecule has 0 aromatic carbocycles. The topological polar surface area (TPSA) is 24.9 Å². The number of alkyl halides is 2. The van der Waals surface area contributed by atoms with Crippen LogP contribution >= 0.6 is 11.3 Å². The Kier molecular flexibility index (Phi) is 4.33. The van der Waals surface area contributed by atoms with Gasteiger partial charge in [-0.05, 0) is 32.7 Å². The predicted molar refractivity (Wildman–Crippen MR) is 70.3 cm³/mol. The smallest absolute Gasteiger partial charge is 0.248 e. The van der Waals surface area contributed by atoms with E-state index in [4.69, 9.17) is 0 Å². The zero-order valence-corrected chi connectivity index (χ0v) is 11.7. The van der Waals surface area contributed by atoms with E-state index in [-0.39, 0.29) is 24.8 Å². The first-order valence-electron chi connectivity index (χ1n) is 6.44.